The van der Waals surface area contributed by atoms with Gasteiger partial charge >= 0.3 is 0 Å². The molecule has 1 aliphatic rings. The third kappa shape index (κ3) is 4.51. The van der Waals surface area contributed by atoms with E-state index in [1.54, 1.807) is 7.11 Å². The van der Waals surface area contributed by atoms with Crippen LogP contribution in [-0.4, -0.2) is 36.3 Å². The van der Waals surface area contributed by atoms with Crippen LogP contribution in [0.5, 0.6) is 5.75 Å². The Morgan fingerprint density at radius 2 is 2.11 bits per heavy atom. The van der Waals surface area contributed by atoms with Gasteiger partial charge in [-0.05, 0) is 56.3 Å². The molecule has 1 aromatic rings. The molecular weight excluding hydrogens is 238 g/mol. The number of ether oxygens (including phenoxy) is 1. The minimum Gasteiger partial charge on any atom is -0.497 e. The Hall–Kier alpha value is -1.06. The van der Waals surface area contributed by atoms with Gasteiger partial charge in [0.25, 0.3) is 0 Å². The number of benzene rings is 1. The Balaban J connectivity index is 1.77. The summed E-state index contributed by atoms with van der Waals surface area (Å²) in [6.45, 7) is 5.24. The highest BCUT2D eigenvalue weighted by Gasteiger charge is 2.22. The van der Waals surface area contributed by atoms with E-state index < -0.39 is 0 Å². The van der Waals surface area contributed by atoms with E-state index in [4.69, 9.17) is 4.74 Å². The summed E-state index contributed by atoms with van der Waals surface area (Å²) in [7, 11) is 1.70. The Bertz CT molecular complexity index is 375. The molecule has 1 saturated heterocycles. The van der Waals surface area contributed by atoms with Crippen molar-refractivity contribution in [3.8, 4) is 5.75 Å². The second-order valence-corrected chi connectivity index (χ2v) is 5.66. The van der Waals surface area contributed by atoms with Crippen LogP contribution in [0.2, 0.25) is 0 Å². The molecule has 1 N–H and O–H groups in total. The van der Waals surface area contributed by atoms with Crippen molar-refractivity contribution < 1.29 is 9.84 Å². The van der Waals surface area contributed by atoms with Crippen molar-refractivity contribution >= 4 is 0 Å². The van der Waals surface area contributed by atoms with E-state index >= 15 is 0 Å². The maximum atomic E-state index is 9.34. The van der Waals surface area contributed by atoms with Crippen LogP contribution in [0.15, 0.2) is 24.3 Å². The van der Waals surface area contributed by atoms with Crippen LogP contribution < -0.4 is 4.74 Å². The lowest BCUT2D eigenvalue weighted by atomic mass is 10.0. The lowest BCUT2D eigenvalue weighted by Gasteiger charge is -2.16. The molecule has 0 saturated carbocycles. The standard InChI is InChI=1S/C16H25NO2/c1-13(18)3-4-15-9-10-17(12-15)11-14-5-7-16(19-2)8-6-14/h5-8,13,15,18H,3-4,9-12H2,1-2H3. The van der Waals surface area contributed by atoms with E-state index in [2.05, 4.69) is 17.0 Å². The first-order valence-electron chi connectivity index (χ1n) is 7.20. The highest BCUT2D eigenvalue weighted by atomic mass is 16.5. The summed E-state index contributed by atoms with van der Waals surface area (Å²) < 4.78 is 5.17. The molecule has 2 unspecified atom stereocenters. The van der Waals surface area contributed by atoms with Gasteiger partial charge in [-0.25, -0.2) is 0 Å². The van der Waals surface area contributed by atoms with Crippen LogP contribution in [0.1, 0.15) is 31.7 Å². The van der Waals surface area contributed by atoms with Gasteiger partial charge in [-0.2, -0.15) is 0 Å². The maximum Gasteiger partial charge on any atom is 0.118 e. The summed E-state index contributed by atoms with van der Waals surface area (Å²) in [4.78, 5) is 2.51. The number of nitrogens with zero attached hydrogens (tertiary/aromatic N) is 1. The average molecular weight is 263 g/mol. The van der Waals surface area contributed by atoms with Crippen LogP contribution >= 0.6 is 0 Å². The van der Waals surface area contributed by atoms with Crippen molar-refractivity contribution in [1.82, 2.24) is 4.90 Å². The van der Waals surface area contributed by atoms with Gasteiger partial charge in [-0.15, -0.1) is 0 Å². The van der Waals surface area contributed by atoms with Gasteiger partial charge in [0, 0.05) is 13.1 Å². The van der Waals surface area contributed by atoms with Gasteiger partial charge in [0.05, 0.1) is 13.2 Å². The molecule has 0 aromatic heterocycles. The maximum absolute atomic E-state index is 9.34. The summed E-state index contributed by atoms with van der Waals surface area (Å²) >= 11 is 0. The molecule has 3 heteroatoms. The Labute approximate surface area is 116 Å². The van der Waals surface area contributed by atoms with Crippen molar-refractivity contribution in [2.24, 2.45) is 5.92 Å². The molecule has 1 aliphatic heterocycles. The zero-order valence-corrected chi connectivity index (χ0v) is 12.0. The second-order valence-electron chi connectivity index (χ2n) is 5.66. The van der Waals surface area contributed by atoms with Crippen molar-refractivity contribution in [1.29, 1.82) is 0 Å². The van der Waals surface area contributed by atoms with Crippen LogP contribution in [0.3, 0.4) is 0 Å². The number of hydrogen-bond donors (Lipinski definition) is 1. The zero-order chi connectivity index (χ0) is 13.7. The zero-order valence-electron chi connectivity index (χ0n) is 12.0. The van der Waals surface area contributed by atoms with Gasteiger partial charge < -0.3 is 9.84 Å². The highest BCUT2D eigenvalue weighted by molar-refractivity contribution is 5.27. The molecule has 0 amide bonds. The van der Waals surface area contributed by atoms with Crippen LogP contribution in [0.25, 0.3) is 0 Å². The topological polar surface area (TPSA) is 32.7 Å². The fourth-order valence-electron chi connectivity index (χ4n) is 2.76. The van der Waals surface area contributed by atoms with Crippen molar-refractivity contribution in [2.45, 2.75) is 38.8 Å². The van der Waals surface area contributed by atoms with E-state index in [0.29, 0.717) is 0 Å². The normalized spacial score (nSPS) is 21.5. The number of rotatable bonds is 6. The predicted octanol–water partition coefficient (Wildman–Crippen LogP) is 2.68. The van der Waals surface area contributed by atoms with E-state index in [9.17, 15) is 5.11 Å². The van der Waals surface area contributed by atoms with Gasteiger partial charge in [0.1, 0.15) is 5.75 Å². The lowest BCUT2D eigenvalue weighted by Crippen LogP contribution is -2.20. The largest absolute Gasteiger partial charge is 0.497 e. The van der Waals surface area contributed by atoms with Gasteiger partial charge in [-0.3, -0.25) is 4.90 Å². The average Bonchev–Trinajstić information content (AvgIpc) is 2.85. The molecule has 19 heavy (non-hydrogen) atoms. The summed E-state index contributed by atoms with van der Waals surface area (Å²) in [6.07, 6.45) is 3.19. The first-order valence-corrected chi connectivity index (χ1v) is 7.20. The first kappa shape index (κ1) is 14.4. The van der Waals surface area contributed by atoms with Gasteiger partial charge in [0.2, 0.25) is 0 Å². The molecule has 106 valence electrons. The lowest BCUT2D eigenvalue weighted by molar-refractivity contribution is 0.173. The third-order valence-electron chi connectivity index (χ3n) is 3.93. The summed E-state index contributed by atoms with van der Waals surface area (Å²) in [5.74, 6) is 1.67. The van der Waals surface area contributed by atoms with Gasteiger partial charge in [0.15, 0.2) is 0 Å². The summed E-state index contributed by atoms with van der Waals surface area (Å²) in [5, 5.41) is 9.34. The second kappa shape index (κ2) is 6.92. The van der Waals surface area contributed by atoms with E-state index in [0.717, 1.165) is 31.1 Å². The molecule has 0 bridgehead atoms. The van der Waals surface area contributed by atoms with Crippen molar-refractivity contribution in [3.63, 3.8) is 0 Å². The van der Waals surface area contributed by atoms with E-state index in [1.165, 1.54) is 25.1 Å². The molecule has 3 nitrogen and oxygen atoms in total. The molecule has 1 fully saturated rings. The van der Waals surface area contributed by atoms with E-state index in [1.807, 2.05) is 19.1 Å². The Kier molecular flexibility index (Phi) is 5.23. The molecule has 1 heterocycles. The number of aliphatic hydroxyl groups is 1. The SMILES string of the molecule is COc1ccc(CN2CCC(CCC(C)O)C2)cc1. The van der Waals surface area contributed by atoms with Crippen LogP contribution in [0, 0.1) is 5.92 Å². The fourth-order valence-corrected chi connectivity index (χ4v) is 2.76. The number of aliphatic hydroxyl groups excluding tert-OH is 1. The number of methoxy groups -OCH3 is 1. The molecular formula is C16H25NO2. The smallest absolute Gasteiger partial charge is 0.118 e. The monoisotopic (exact) mass is 263 g/mol. The minimum atomic E-state index is -0.157. The third-order valence-corrected chi connectivity index (χ3v) is 3.93. The first-order chi connectivity index (χ1) is 9.17. The number of hydrogen-bond acceptors (Lipinski definition) is 3. The molecule has 0 aliphatic carbocycles. The van der Waals surface area contributed by atoms with Gasteiger partial charge in [-0.1, -0.05) is 12.1 Å². The molecule has 0 radical (unpaired) electrons. The number of likely N-dealkylation sites (tertiary alicyclic amines) is 1. The molecule has 1 aromatic carbocycles. The van der Waals surface area contributed by atoms with Crippen molar-refractivity contribution in [3.05, 3.63) is 29.8 Å². The van der Waals surface area contributed by atoms with Crippen LogP contribution in [0.4, 0.5) is 0 Å². The Morgan fingerprint density at radius 1 is 1.37 bits per heavy atom. The summed E-state index contributed by atoms with van der Waals surface area (Å²) in [6, 6.07) is 8.33. The molecule has 2 rings (SSSR count). The van der Waals surface area contributed by atoms with Crippen LogP contribution in [-0.2, 0) is 6.54 Å². The minimum absolute atomic E-state index is 0.157. The summed E-state index contributed by atoms with van der Waals surface area (Å²) in [5.41, 5.74) is 1.34. The van der Waals surface area contributed by atoms with Crippen molar-refractivity contribution in [2.75, 3.05) is 20.2 Å². The highest BCUT2D eigenvalue weighted by Crippen LogP contribution is 2.23. The predicted molar refractivity (Wildman–Crippen MR) is 77.3 cm³/mol. The molecule has 2 atom stereocenters. The Morgan fingerprint density at radius 3 is 2.74 bits per heavy atom. The molecule has 0 spiro atoms. The van der Waals surface area contributed by atoms with E-state index in [-0.39, 0.29) is 6.10 Å². The quantitative estimate of drug-likeness (QED) is 0.856. The fraction of sp³-hybridized carbons (Fsp3) is 0.625.